The fraction of sp³-hybridized carbons (Fsp3) is 0.143. The number of hydrogen-bond acceptors (Lipinski definition) is 4. The van der Waals surface area contributed by atoms with Crippen molar-refractivity contribution in [2.24, 2.45) is 5.73 Å². The number of hydrogen-bond donors (Lipinski definition) is 3. The summed E-state index contributed by atoms with van der Waals surface area (Å²) >= 11 is 1.51. The largest absolute Gasteiger partial charge is 0.480 e. The first kappa shape index (κ1) is 17.6. The van der Waals surface area contributed by atoms with Gasteiger partial charge in [-0.1, -0.05) is 48.5 Å². The van der Waals surface area contributed by atoms with Gasteiger partial charge in [-0.25, -0.2) is 0 Å². The highest BCUT2D eigenvalue weighted by atomic mass is 32.2. The molecule has 0 aliphatic heterocycles. The number of benzene rings is 4. The van der Waals surface area contributed by atoms with Crippen molar-refractivity contribution in [1.82, 2.24) is 5.32 Å². The number of thioether (sulfide) groups is 1. The zero-order chi connectivity index (χ0) is 19.0. The number of nitrogens with two attached hydrogens (primary N) is 1. The van der Waals surface area contributed by atoms with Gasteiger partial charge in [-0.05, 0) is 38.4 Å². The fourth-order valence-electron chi connectivity index (χ4n) is 3.38. The Balaban J connectivity index is 1.64. The molecule has 27 heavy (non-hydrogen) atoms. The molecule has 0 heterocycles. The maximum absolute atomic E-state index is 11.9. The van der Waals surface area contributed by atoms with E-state index in [0.29, 0.717) is 5.75 Å². The van der Waals surface area contributed by atoms with Gasteiger partial charge in [-0.3, -0.25) is 9.59 Å². The smallest absolute Gasteiger partial charge is 0.322 e. The zero-order valence-corrected chi connectivity index (χ0v) is 15.3. The van der Waals surface area contributed by atoms with Crippen molar-refractivity contribution in [3.8, 4) is 0 Å². The lowest BCUT2D eigenvalue weighted by Crippen LogP contribution is -2.44. The van der Waals surface area contributed by atoms with Crippen LogP contribution in [0.25, 0.3) is 32.3 Å². The van der Waals surface area contributed by atoms with Crippen molar-refractivity contribution < 1.29 is 14.7 Å². The van der Waals surface area contributed by atoms with Gasteiger partial charge in [-0.2, -0.15) is 0 Å². The number of carboxylic acids is 1. The molecule has 4 aromatic rings. The second kappa shape index (κ2) is 7.06. The van der Waals surface area contributed by atoms with Crippen LogP contribution in [-0.2, 0) is 9.59 Å². The minimum Gasteiger partial charge on any atom is -0.480 e. The summed E-state index contributed by atoms with van der Waals surface area (Å²) in [6, 6.07) is 18.2. The molecule has 0 fully saturated rings. The zero-order valence-electron chi connectivity index (χ0n) is 14.4. The molecule has 1 amide bonds. The van der Waals surface area contributed by atoms with E-state index in [1.165, 1.54) is 38.7 Å². The normalized spacial score (nSPS) is 12.6. The van der Waals surface area contributed by atoms with E-state index in [2.05, 4.69) is 53.8 Å². The van der Waals surface area contributed by atoms with Crippen molar-refractivity contribution in [3.63, 3.8) is 0 Å². The molecule has 6 heteroatoms. The molecule has 0 radical (unpaired) electrons. The molecule has 4 N–H and O–H groups in total. The topological polar surface area (TPSA) is 92.4 Å². The van der Waals surface area contributed by atoms with Crippen LogP contribution >= 0.6 is 11.8 Å². The van der Waals surface area contributed by atoms with Gasteiger partial charge < -0.3 is 16.2 Å². The molecule has 0 aliphatic rings. The predicted molar refractivity (Wildman–Crippen MR) is 109 cm³/mol. The van der Waals surface area contributed by atoms with Gasteiger partial charge in [-0.15, -0.1) is 11.8 Å². The highest BCUT2D eigenvalue weighted by Crippen LogP contribution is 2.38. The maximum atomic E-state index is 11.9. The summed E-state index contributed by atoms with van der Waals surface area (Å²) in [7, 11) is 0. The molecule has 5 nitrogen and oxygen atoms in total. The van der Waals surface area contributed by atoms with Crippen LogP contribution in [0.15, 0.2) is 59.5 Å². The third-order valence-corrected chi connectivity index (χ3v) is 5.85. The molecule has 0 saturated heterocycles. The average molecular weight is 378 g/mol. The molecule has 1 atom stereocenters. The van der Waals surface area contributed by atoms with Crippen molar-refractivity contribution in [2.45, 2.75) is 10.9 Å². The van der Waals surface area contributed by atoms with Gasteiger partial charge in [0, 0.05) is 10.6 Å². The van der Waals surface area contributed by atoms with Crippen LogP contribution in [-0.4, -0.2) is 35.3 Å². The van der Waals surface area contributed by atoms with Crippen LogP contribution in [0.4, 0.5) is 0 Å². The summed E-state index contributed by atoms with van der Waals surface area (Å²) in [5.74, 6) is -1.17. The van der Waals surface area contributed by atoms with Gasteiger partial charge >= 0.3 is 5.97 Å². The Kier molecular flexibility index (Phi) is 4.59. The van der Waals surface area contributed by atoms with Crippen LogP contribution in [0.2, 0.25) is 0 Å². The number of amides is 1. The van der Waals surface area contributed by atoms with Crippen LogP contribution in [0.1, 0.15) is 0 Å². The number of aliphatic carboxylic acids is 1. The van der Waals surface area contributed by atoms with Gasteiger partial charge in [0.2, 0.25) is 5.91 Å². The number of carbonyl (C=O) groups excluding carboxylic acids is 1. The molecule has 0 saturated carbocycles. The first-order valence-electron chi connectivity index (χ1n) is 8.59. The Morgan fingerprint density at radius 2 is 1.59 bits per heavy atom. The van der Waals surface area contributed by atoms with E-state index in [-0.39, 0.29) is 0 Å². The third kappa shape index (κ3) is 3.29. The molecular formula is C21H18N2O3S. The van der Waals surface area contributed by atoms with Crippen LogP contribution < -0.4 is 11.1 Å². The van der Waals surface area contributed by atoms with E-state index >= 15 is 0 Å². The number of rotatable bonds is 6. The SMILES string of the molecule is N[C@@H](CSc1ccc2ccc3cccc4ccc1c2c34)C(=O)NCC(=O)O. The summed E-state index contributed by atoms with van der Waals surface area (Å²) in [6.45, 7) is -0.421. The molecule has 0 unspecified atom stereocenters. The van der Waals surface area contributed by atoms with Crippen LogP contribution in [0.3, 0.4) is 0 Å². The molecule has 0 spiro atoms. The van der Waals surface area contributed by atoms with Crippen molar-refractivity contribution in [3.05, 3.63) is 54.6 Å². The molecule has 0 bridgehead atoms. The molecule has 136 valence electrons. The van der Waals surface area contributed by atoms with E-state index in [4.69, 9.17) is 10.8 Å². The second-order valence-corrected chi connectivity index (χ2v) is 7.51. The molecular weight excluding hydrogens is 360 g/mol. The number of carboxylic acid groups (broad SMARTS) is 1. The highest BCUT2D eigenvalue weighted by molar-refractivity contribution is 7.99. The molecule has 0 aliphatic carbocycles. The summed E-state index contributed by atoms with van der Waals surface area (Å²) in [5, 5.41) is 18.2. The van der Waals surface area contributed by atoms with Gasteiger partial charge in [0.25, 0.3) is 0 Å². The lowest BCUT2D eigenvalue weighted by Gasteiger charge is -2.15. The fourth-order valence-corrected chi connectivity index (χ4v) is 4.38. The van der Waals surface area contributed by atoms with E-state index in [1.807, 2.05) is 6.07 Å². The number of nitrogens with one attached hydrogen (secondary N) is 1. The molecule has 4 rings (SSSR count). The third-order valence-electron chi connectivity index (χ3n) is 4.66. The van der Waals surface area contributed by atoms with Crippen LogP contribution in [0.5, 0.6) is 0 Å². The summed E-state index contributed by atoms with van der Waals surface area (Å²) in [6.07, 6.45) is 0. The predicted octanol–water partition coefficient (Wildman–Crippen LogP) is 3.20. The van der Waals surface area contributed by atoms with Gasteiger partial charge in [0.05, 0.1) is 6.04 Å². The van der Waals surface area contributed by atoms with Gasteiger partial charge in [0.1, 0.15) is 6.54 Å². The van der Waals surface area contributed by atoms with Crippen molar-refractivity contribution in [2.75, 3.05) is 12.3 Å². The Morgan fingerprint density at radius 1 is 0.963 bits per heavy atom. The summed E-state index contributed by atoms with van der Waals surface area (Å²) < 4.78 is 0. The van der Waals surface area contributed by atoms with Gasteiger partial charge in [0.15, 0.2) is 0 Å². The van der Waals surface area contributed by atoms with Crippen LogP contribution in [0, 0.1) is 0 Å². The summed E-state index contributed by atoms with van der Waals surface area (Å²) in [4.78, 5) is 23.5. The maximum Gasteiger partial charge on any atom is 0.322 e. The minimum atomic E-state index is -1.09. The first-order valence-corrected chi connectivity index (χ1v) is 9.57. The monoisotopic (exact) mass is 378 g/mol. The quantitative estimate of drug-likeness (QED) is 0.354. The summed E-state index contributed by atoms with van der Waals surface area (Å²) in [5.41, 5.74) is 5.91. The van der Waals surface area contributed by atoms with E-state index < -0.39 is 24.5 Å². The average Bonchev–Trinajstić information content (AvgIpc) is 2.68. The number of carbonyl (C=O) groups is 2. The standard InChI is InChI=1S/C21H18N2O3S/c22-16(21(26)23-10-18(24)25)11-27-17-9-7-14-5-4-12-2-1-3-13-6-8-15(17)20(14)19(12)13/h1-9,16H,10-11,22H2,(H,23,26)(H,24,25)/t16-/m0/s1. The van der Waals surface area contributed by atoms with E-state index in [9.17, 15) is 9.59 Å². The Labute approximate surface area is 159 Å². The molecule has 0 aromatic heterocycles. The Bertz CT molecular complexity index is 1140. The van der Waals surface area contributed by atoms with E-state index in [0.717, 1.165) is 10.3 Å². The lowest BCUT2D eigenvalue weighted by atomic mass is 9.94. The van der Waals surface area contributed by atoms with Crippen molar-refractivity contribution >= 4 is 56.0 Å². The highest BCUT2D eigenvalue weighted by Gasteiger charge is 2.16. The second-order valence-electron chi connectivity index (χ2n) is 6.45. The van der Waals surface area contributed by atoms with Crippen molar-refractivity contribution in [1.29, 1.82) is 0 Å². The Hall–Kier alpha value is -2.83. The first-order chi connectivity index (χ1) is 13.0. The lowest BCUT2D eigenvalue weighted by molar-refractivity contribution is -0.138. The van der Waals surface area contributed by atoms with E-state index in [1.54, 1.807) is 0 Å². The Morgan fingerprint density at radius 3 is 2.30 bits per heavy atom. The minimum absolute atomic E-state index is 0.370. The molecule has 4 aromatic carbocycles.